The fourth-order valence-electron chi connectivity index (χ4n) is 4.97. The molecule has 0 aliphatic carbocycles. The van der Waals surface area contributed by atoms with Crippen LogP contribution in [0.4, 0.5) is 11.4 Å². The molecule has 0 saturated carbocycles. The first-order valence-electron chi connectivity index (χ1n) is 14.4. The highest BCUT2D eigenvalue weighted by atomic mass is 79.9. The van der Waals surface area contributed by atoms with Crippen LogP contribution in [0.5, 0.6) is 5.75 Å². The van der Waals surface area contributed by atoms with Crippen LogP contribution in [-0.2, 0) is 24.2 Å². The van der Waals surface area contributed by atoms with E-state index in [4.69, 9.17) is 9.73 Å². The van der Waals surface area contributed by atoms with Crippen LogP contribution in [0.2, 0.25) is 0 Å². The first-order chi connectivity index (χ1) is 21.0. The van der Waals surface area contributed by atoms with Gasteiger partial charge in [0.05, 0.1) is 16.3 Å². The molecule has 5 aromatic carbocycles. The highest BCUT2D eigenvalue weighted by Crippen LogP contribution is 2.39. The molecule has 6 heteroatoms. The molecule has 0 aromatic heterocycles. The second-order valence-electron chi connectivity index (χ2n) is 10.3. The average molecular weight is 648 g/mol. The van der Waals surface area contributed by atoms with E-state index in [0.29, 0.717) is 22.4 Å². The van der Waals surface area contributed by atoms with E-state index in [-0.39, 0.29) is 5.91 Å². The van der Waals surface area contributed by atoms with Crippen LogP contribution in [0.25, 0.3) is 16.8 Å². The third kappa shape index (κ3) is 6.61. The number of hydrogen-bond acceptors (Lipinski definition) is 4. The Bertz CT molecular complexity index is 1850. The van der Waals surface area contributed by atoms with E-state index >= 15 is 0 Å². The van der Waals surface area contributed by atoms with Crippen molar-refractivity contribution < 1.29 is 9.53 Å². The van der Waals surface area contributed by atoms with E-state index in [2.05, 4.69) is 84.4 Å². The Labute approximate surface area is 265 Å². The van der Waals surface area contributed by atoms with Gasteiger partial charge in [0.2, 0.25) is 0 Å². The number of nitrogens with zero attached hydrogens (tertiary/aromatic N) is 2. The van der Waals surface area contributed by atoms with Crippen LogP contribution >= 0.6 is 27.7 Å². The monoisotopic (exact) mass is 646 g/mol. The van der Waals surface area contributed by atoms with E-state index in [9.17, 15) is 4.79 Å². The Morgan fingerprint density at radius 2 is 1.47 bits per heavy atom. The van der Waals surface area contributed by atoms with E-state index in [0.717, 1.165) is 39.8 Å². The number of benzene rings is 5. The molecule has 1 saturated heterocycles. The molecule has 214 valence electrons. The molecule has 1 amide bonds. The summed E-state index contributed by atoms with van der Waals surface area (Å²) in [4.78, 5) is 21.2. The predicted molar refractivity (Wildman–Crippen MR) is 184 cm³/mol. The van der Waals surface area contributed by atoms with Gasteiger partial charge in [0.15, 0.2) is 5.17 Å². The van der Waals surface area contributed by atoms with E-state index in [1.165, 1.54) is 33.7 Å². The standard InChI is InChI=1S/C37H31BrN2O2S/c1-3-25-10-16-32(17-11-25)39-37-40(33-18-12-26(4-2)13-19-33)36(41)35(43-37)23-30-22-31(38)15-20-34(30)42-24-27-9-14-28-7-5-6-8-29(28)21-27/h5-23H,3-4,24H2,1-2H3/b35-23-,39-37?. The number of halogens is 1. The van der Waals surface area contributed by atoms with Crippen LogP contribution < -0.4 is 9.64 Å². The van der Waals surface area contributed by atoms with Crippen molar-refractivity contribution in [3.63, 3.8) is 0 Å². The Morgan fingerprint density at radius 1 is 0.791 bits per heavy atom. The number of fused-ring (bicyclic) bond motifs is 1. The molecular formula is C37H31BrN2O2S. The third-order valence-electron chi connectivity index (χ3n) is 7.45. The van der Waals surface area contributed by atoms with Crippen molar-refractivity contribution in [3.8, 4) is 5.75 Å². The number of rotatable bonds is 8. The molecule has 0 unspecified atom stereocenters. The van der Waals surface area contributed by atoms with Crippen molar-refractivity contribution in [2.75, 3.05) is 4.90 Å². The molecule has 0 bridgehead atoms. The number of amidine groups is 1. The second-order valence-corrected chi connectivity index (χ2v) is 12.3. The zero-order chi connectivity index (χ0) is 29.8. The fourth-order valence-corrected chi connectivity index (χ4v) is 6.34. The van der Waals surface area contributed by atoms with E-state index < -0.39 is 0 Å². The molecule has 4 nitrogen and oxygen atoms in total. The Kier molecular flexibility index (Phi) is 8.77. The SMILES string of the molecule is CCc1ccc(N=C2S/C(=C\c3cc(Br)ccc3OCc3ccc4ccccc4c3)C(=O)N2c2ccc(CC)cc2)cc1. The Morgan fingerprint density at radius 3 is 2.19 bits per heavy atom. The number of carbonyl (C=O) groups is 1. The lowest BCUT2D eigenvalue weighted by molar-refractivity contribution is -0.113. The van der Waals surface area contributed by atoms with Crippen molar-refractivity contribution in [1.29, 1.82) is 0 Å². The molecule has 0 atom stereocenters. The number of carbonyl (C=O) groups excluding carboxylic acids is 1. The van der Waals surface area contributed by atoms with Crippen LogP contribution in [-0.4, -0.2) is 11.1 Å². The third-order valence-corrected chi connectivity index (χ3v) is 8.91. The van der Waals surface area contributed by atoms with Crippen LogP contribution in [0.1, 0.15) is 36.1 Å². The number of thioether (sulfide) groups is 1. The molecule has 1 aliphatic heterocycles. The average Bonchev–Trinajstić information content (AvgIpc) is 3.34. The molecule has 0 radical (unpaired) electrons. The van der Waals surface area contributed by atoms with Gasteiger partial charge < -0.3 is 4.74 Å². The molecule has 43 heavy (non-hydrogen) atoms. The minimum Gasteiger partial charge on any atom is -0.488 e. The summed E-state index contributed by atoms with van der Waals surface area (Å²) in [6.45, 7) is 4.67. The van der Waals surface area contributed by atoms with Crippen LogP contribution in [0.15, 0.2) is 124 Å². The van der Waals surface area contributed by atoms with Crippen molar-refractivity contribution in [3.05, 3.63) is 141 Å². The summed E-state index contributed by atoms with van der Waals surface area (Å²) in [7, 11) is 0. The summed E-state index contributed by atoms with van der Waals surface area (Å²) >= 11 is 4.98. The zero-order valence-corrected chi connectivity index (χ0v) is 26.5. The molecule has 0 spiro atoms. The first kappa shape index (κ1) is 29.0. The number of amides is 1. The first-order valence-corrected chi connectivity index (χ1v) is 16.0. The van der Waals surface area contributed by atoms with Gasteiger partial charge in [-0.3, -0.25) is 9.69 Å². The van der Waals surface area contributed by atoms with Crippen LogP contribution in [0.3, 0.4) is 0 Å². The molecule has 5 aromatic rings. The van der Waals surface area contributed by atoms with Gasteiger partial charge in [-0.2, -0.15) is 0 Å². The second kappa shape index (κ2) is 13.0. The molecule has 1 fully saturated rings. The highest BCUT2D eigenvalue weighted by molar-refractivity contribution is 9.10. The Hall–Kier alpha value is -4.13. The number of aryl methyl sites for hydroxylation is 2. The smallest absolute Gasteiger partial charge is 0.271 e. The van der Waals surface area contributed by atoms with Crippen molar-refractivity contribution in [1.82, 2.24) is 0 Å². The maximum Gasteiger partial charge on any atom is 0.271 e. The topological polar surface area (TPSA) is 41.9 Å². The van der Waals surface area contributed by atoms with Gasteiger partial charge in [0.1, 0.15) is 12.4 Å². The maximum atomic E-state index is 14.0. The van der Waals surface area contributed by atoms with Gasteiger partial charge >= 0.3 is 0 Å². The normalized spacial score (nSPS) is 15.1. The summed E-state index contributed by atoms with van der Waals surface area (Å²) < 4.78 is 7.23. The number of anilines is 1. The van der Waals surface area contributed by atoms with Gasteiger partial charge in [-0.1, -0.05) is 90.4 Å². The maximum absolute atomic E-state index is 14.0. The summed E-state index contributed by atoms with van der Waals surface area (Å²) in [5, 5.41) is 3.00. The van der Waals surface area contributed by atoms with Gasteiger partial charge in [-0.25, -0.2) is 4.99 Å². The van der Waals surface area contributed by atoms with Crippen molar-refractivity contribution in [2.24, 2.45) is 4.99 Å². The fraction of sp³-hybridized carbons (Fsp3) is 0.135. The van der Waals surface area contributed by atoms with Gasteiger partial charge in [-0.05, 0) is 107 Å². The minimum absolute atomic E-state index is 0.112. The number of hydrogen-bond donors (Lipinski definition) is 0. The number of ether oxygens (including phenoxy) is 1. The van der Waals surface area contributed by atoms with Crippen molar-refractivity contribution >= 4 is 67.0 Å². The molecule has 1 aliphatic rings. The largest absolute Gasteiger partial charge is 0.488 e. The molecule has 0 N–H and O–H groups in total. The summed E-state index contributed by atoms with van der Waals surface area (Å²) in [5.41, 5.74) is 5.97. The number of aliphatic imine (C=N–C) groups is 1. The molecule has 1 heterocycles. The summed E-state index contributed by atoms with van der Waals surface area (Å²) in [5.74, 6) is 0.593. The summed E-state index contributed by atoms with van der Waals surface area (Å²) in [6.07, 6.45) is 3.80. The van der Waals surface area contributed by atoms with E-state index in [1.807, 2.05) is 60.7 Å². The summed E-state index contributed by atoms with van der Waals surface area (Å²) in [6, 6.07) is 36.8. The highest BCUT2D eigenvalue weighted by Gasteiger charge is 2.35. The molecular weight excluding hydrogens is 616 g/mol. The predicted octanol–water partition coefficient (Wildman–Crippen LogP) is 10.1. The van der Waals surface area contributed by atoms with Crippen molar-refractivity contribution in [2.45, 2.75) is 33.3 Å². The molecule has 6 rings (SSSR count). The minimum atomic E-state index is -0.112. The van der Waals surface area contributed by atoms with Gasteiger partial charge in [-0.15, -0.1) is 0 Å². The Balaban J connectivity index is 1.33. The zero-order valence-electron chi connectivity index (χ0n) is 24.1. The lowest BCUT2D eigenvalue weighted by Crippen LogP contribution is -2.28. The van der Waals surface area contributed by atoms with E-state index in [1.54, 1.807) is 4.90 Å². The quantitative estimate of drug-likeness (QED) is 0.158. The lowest BCUT2D eigenvalue weighted by atomic mass is 10.1. The van der Waals surface area contributed by atoms with Gasteiger partial charge in [0.25, 0.3) is 5.91 Å². The van der Waals surface area contributed by atoms with Crippen LogP contribution in [0, 0.1) is 0 Å². The lowest BCUT2D eigenvalue weighted by Gasteiger charge is -2.16. The van der Waals surface area contributed by atoms with Gasteiger partial charge in [0, 0.05) is 10.0 Å².